The van der Waals surface area contributed by atoms with Gasteiger partial charge < -0.3 is 19.5 Å². The monoisotopic (exact) mass is 251 g/mol. The van der Waals surface area contributed by atoms with Crippen molar-refractivity contribution in [2.75, 3.05) is 27.9 Å². The third-order valence-corrected chi connectivity index (χ3v) is 3.20. The summed E-state index contributed by atoms with van der Waals surface area (Å²) in [7, 11) is 4.99. The Morgan fingerprint density at radius 3 is 2.11 bits per heavy atom. The van der Waals surface area contributed by atoms with E-state index in [1.807, 2.05) is 12.1 Å². The van der Waals surface area contributed by atoms with Crippen molar-refractivity contribution >= 4 is 0 Å². The molecule has 2 rings (SSSR count). The van der Waals surface area contributed by atoms with Crippen molar-refractivity contribution < 1.29 is 14.2 Å². The zero-order chi connectivity index (χ0) is 13.0. The highest BCUT2D eigenvalue weighted by Crippen LogP contribution is 2.34. The van der Waals surface area contributed by atoms with Crippen LogP contribution in [0.15, 0.2) is 12.1 Å². The highest BCUT2D eigenvalue weighted by molar-refractivity contribution is 5.50. The molecule has 0 spiro atoms. The first-order valence-electron chi connectivity index (χ1n) is 6.30. The minimum Gasteiger partial charge on any atom is -0.496 e. The smallest absolute Gasteiger partial charge is 0.129 e. The molecule has 1 N–H and O–H groups in total. The lowest BCUT2D eigenvalue weighted by Gasteiger charge is -2.15. The Balaban J connectivity index is 2.12. The Morgan fingerprint density at radius 2 is 1.67 bits per heavy atom. The molecule has 0 amide bonds. The fourth-order valence-electron chi connectivity index (χ4n) is 2.01. The van der Waals surface area contributed by atoms with E-state index in [0.717, 1.165) is 41.8 Å². The molecule has 1 saturated carbocycles. The second-order valence-corrected chi connectivity index (χ2v) is 4.49. The van der Waals surface area contributed by atoms with E-state index in [1.54, 1.807) is 21.3 Å². The van der Waals surface area contributed by atoms with Crippen molar-refractivity contribution in [3.63, 3.8) is 0 Å². The summed E-state index contributed by atoms with van der Waals surface area (Å²) in [6.45, 7) is 0.948. The van der Waals surface area contributed by atoms with Crippen LogP contribution in [-0.2, 0) is 6.42 Å². The van der Waals surface area contributed by atoms with Gasteiger partial charge in [-0.2, -0.15) is 0 Å². The molecule has 100 valence electrons. The summed E-state index contributed by atoms with van der Waals surface area (Å²) >= 11 is 0. The fraction of sp³-hybridized carbons (Fsp3) is 0.571. The maximum atomic E-state index is 5.42. The van der Waals surface area contributed by atoms with Crippen LogP contribution in [0.3, 0.4) is 0 Å². The van der Waals surface area contributed by atoms with Gasteiger partial charge in [-0.1, -0.05) is 0 Å². The van der Waals surface area contributed by atoms with E-state index in [0.29, 0.717) is 0 Å². The minimum atomic E-state index is 0.722. The summed E-state index contributed by atoms with van der Waals surface area (Å²) in [5, 5.41) is 3.49. The molecule has 0 aromatic heterocycles. The molecule has 0 radical (unpaired) electrons. The molecule has 0 aliphatic heterocycles. The van der Waals surface area contributed by atoms with Gasteiger partial charge in [0.2, 0.25) is 0 Å². The molecule has 18 heavy (non-hydrogen) atoms. The number of rotatable bonds is 7. The number of hydrogen-bond donors (Lipinski definition) is 1. The van der Waals surface area contributed by atoms with E-state index in [9.17, 15) is 0 Å². The summed E-state index contributed by atoms with van der Waals surface area (Å²) < 4.78 is 16.1. The molecular weight excluding hydrogens is 230 g/mol. The Hall–Kier alpha value is -1.42. The van der Waals surface area contributed by atoms with Crippen molar-refractivity contribution in [3.05, 3.63) is 17.7 Å². The van der Waals surface area contributed by atoms with Crippen LogP contribution in [0.4, 0.5) is 0 Å². The van der Waals surface area contributed by atoms with Gasteiger partial charge in [0, 0.05) is 23.7 Å². The number of ether oxygens (including phenoxy) is 3. The number of benzene rings is 1. The topological polar surface area (TPSA) is 39.7 Å². The standard InChI is InChI=1S/C14H21NO3/c1-16-11-8-13(17-2)12(14(9-11)18-3)6-7-15-10-4-5-10/h8-10,15H,4-7H2,1-3H3. The van der Waals surface area contributed by atoms with Gasteiger partial charge in [-0.25, -0.2) is 0 Å². The lowest BCUT2D eigenvalue weighted by molar-refractivity contribution is 0.368. The Bertz CT molecular complexity index is 377. The molecule has 1 aromatic rings. The van der Waals surface area contributed by atoms with E-state index in [1.165, 1.54) is 12.8 Å². The highest BCUT2D eigenvalue weighted by Gasteiger charge is 2.20. The molecule has 0 saturated heterocycles. The van der Waals surface area contributed by atoms with Crippen LogP contribution < -0.4 is 19.5 Å². The van der Waals surface area contributed by atoms with Gasteiger partial charge in [0.15, 0.2) is 0 Å². The average Bonchev–Trinajstić information content (AvgIpc) is 3.22. The van der Waals surface area contributed by atoms with E-state index in [4.69, 9.17) is 14.2 Å². The number of methoxy groups -OCH3 is 3. The van der Waals surface area contributed by atoms with Gasteiger partial charge in [0.25, 0.3) is 0 Å². The molecule has 0 bridgehead atoms. The predicted octanol–water partition coefficient (Wildman–Crippen LogP) is 2.01. The molecule has 1 aliphatic rings. The molecule has 0 atom stereocenters. The van der Waals surface area contributed by atoms with Crippen LogP contribution in [0.25, 0.3) is 0 Å². The van der Waals surface area contributed by atoms with Crippen LogP contribution >= 0.6 is 0 Å². The van der Waals surface area contributed by atoms with E-state index in [-0.39, 0.29) is 0 Å². The van der Waals surface area contributed by atoms with Gasteiger partial charge >= 0.3 is 0 Å². The highest BCUT2D eigenvalue weighted by atomic mass is 16.5. The first-order chi connectivity index (χ1) is 8.78. The number of hydrogen-bond acceptors (Lipinski definition) is 4. The van der Waals surface area contributed by atoms with Crippen LogP contribution in [0.5, 0.6) is 17.2 Å². The normalized spacial score (nSPS) is 14.4. The molecule has 4 nitrogen and oxygen atoms in total. The maximum Gasteiger partial charge on any atom is 0.129 e. The predicted molar refractivity (Wildman–Crippen MR) is 70.8 cm³/mol. The van der Waals surface area contributed by atoms with Gasteiger partial charge in [-0.05, 0) is 25.8 Å². The second kappa shape index (κ2) is 5.96. The summed E-state index contributed by atoms with van der Waals surface area (Å²) in [4.78, 5) is 0. The summed E-state index contributed by atoms with van der Waals surface area (Å²) in [5.41, 5.74) is 1.09. The van der Waals surface area contributed by atoms with Crippen LogP contribution in [-0.4, -0.2) is 33.9 Å². The molecule has 1 aliphatic carbocycles. The number of nitrogens with one attached hydrogen (secondary N) is 1. The molecule has 1 fully saturated rings. The van der Waals surface area contributed by atoms with Gasteiger partial charge in [0.05, 0.1) is 21.3 Å². The molecule has 0 heterocycles. The van der Waals surface area contributed by atoms with Gasteiger partial charge in [-0.15, -0.1) is 0 Å². The van der Waals surface area contributed by atoms with Crippen molar-refractivity contribution in [1.82, 2.24) is 5.32 Å². The average molecular weight is 251 g/mol. The van der Waals surface area contributed by atoms with Crippen LogP contribution in [0.1, 0.15) is 18.4 Å². The zero-order valence-electron chi connectivity index (χ0n) is 11.3. The summed E-state index contributed by atoms with van der Waals surface area (Å²) in [6, 6.07) is 4.52. The third kappa shape index (κ3) is 3.07. The Kier molecular flexibility index (Phi) is 4.31. The Labute approximate surface area is 108 Å². The van der Waals surface area contributed by atoms with Crippen molar-refractivity contribution in [2.45, 2.75) is 25.3 Å². The van der Waals surface area contributed by atoms with E-state index in [2.05, 4.69) is 5.32 Å². The lowest BCUT2D eigenvalue weighted by atomic mass is 10.1. The SMILES string of the molecule is COc1cc(OC)c(CCNC2CC2)c(OC)c1. The van der Waals surface area contributed by atoms with Crippen molar-refractivity contribution in [1.29, 1.82) is 0 Å². The largest absolute Gasteiger partial charge is 0.496 e. The van der Waals surface area contributed by atoms with E-state index >= 15 is 0 Å². The summed E-state index contributed by atoms with van der Waals surface area (Å²) in [6.07, 6.45) is 3.50. The lowest BCUT2D eigenvalue weighted by Crippen LogP contribution is -2.19. The second-order valence-electron chi connectivity index (χ2n) is 4.49. The summed E-state index contributed by atoms with van der Waals surface area (Å²) in [5.74, 6) is 2.40. The molecule has 1 aromatic carbocycles. The van der Waals surface area contributed by atoms with Gasteiger partial charge in [0.1, 0.15) is 17.2 Å². The van der Waals surface area contributed by atoms with Gasteiger partial charge in [-0.3, -0.25) is 0 Å². The first-order valence-corrected chi connectivity index (χ1v) is 6.30. The Morgan fingerprint density at radius 1 is 1.06 bits per heavy atom. The fourth-order valence-corrected chi connectivity index (χ4v) is 2.01. The quantitative estimate of drug-likeness (QED) is 0.804. The first kappa shape index (κ1) is 13.0. The van der Waals surface area contributed by atoms with E-state index < -0.39 is 0 Å². The molecule has 4 heteroatoms. The zero-order valence-corrected chi connectivity index (χ0v) is 11.3. The van der Waals surface area contributed by atoms with Crippen LogP contribution in [0, 0.1) is 0 Å². The third-order valence-electron chi connectivity index (χ3n) is 3.20. The van der Waals surface area contributed by atoms with Crippen LogP contribution in [0.2, 0.25) is 0 Å². The molecular formula is C14H21NO3. The minimum absolute atomic E-state index is 0.722. The molecule has 0 unspecified atom stereocenters. The maximum absolute atomic E-state index is 5.42. The van der Waals surface area contributed by atoms with Crippen molar-refractivity contribution in [3.8, 4) is 17.2 Å². The van der Waals surface area contributed by atoms with Crippen molar-refractivity contribution in [2.24, 2.45) is 0 Å².